The highest BCUT2D eigenvalue weighted by Crippen LogP contribution is 2.30. The normalized spacial score (nSPS) is 12.1. The lowest BCUT2D eigenvalue weighted by Crippen LogP contribution is -2.27. The fraction of sp³-hybridized carbons (Fsp3) is 0.238. The summed E-state index contributed by atoms with van der Waals surface area (Å²) in [6.45, 7) is 3.57. The van der Waals surface area contributed by atoms with Crippen LogP contribution in [0.1, 0.15) is 39.6 Å². The molecule has 0 fully saturated rings. The fourth-order valence-electron chi connectivity index (χ4n) is 2.62. The van der Waals surface area contributed by atoms with Crippen molar-refractivity contribution in [1.82, 2.24) is 20.3 Å². The van der Waals surface area contributed by atoms with Gasteiger partial charge in [-0.1, -0.05) is 5.92 Å². The maximum absolute atomic E-state index is 12.8. The maximum atomic E-state index is 12.8. The van der Waals surface area contributed by atoms with Gasteiger partial charge in [-0.2, -0.15) is 13.2 Å². The number of benzene rings is 1. The molecule has 1 unspecified atom stereocenters. The number of alkyl halides is 3. The Morgan fingerprint density at radius 3 is 2.52 bits per heavy atom. The Morgan fingerprint density at radius 2 is 1.94 bits per heavy atom. The van der Waals surface area contributed by atoms with Crippen molar-refractivity contribution in [1.29, 1.82) is 0 Å². The van der Waals surface area contributed by atoms with Crippen molar-refractivity contribution in [3.63, 3.8) is 0 Å². The summed E-state index contributed by atoms with van der Waals surface area (Å²) in [5.41, 5.74) is 1.30. The first-order valence-corrected chi connectivity index (χ1v) is 9.83. The number of halogens is 3. The third-order valence-corrected chi connectivity index (χ3v) is 5.09. The third-order valence-electron chi connectivity index (χ3n) is 4.13. The van der Waals surface area contributed by atoms with Crippen LogP contribution in [-0.2, 0) is 6.18 Å². The molecule has 0 saturated heterocycles. The summed E-state index contributed by atoms with van der Waals surface area (Å²) in [6, 6.07) is 4.30. The van der Waals surface area contributed by atoms with E-state index in [-0.39, 0.29) is 12.2 Å². The highest BCUT2D eigenvalue weighted by Gasteiger charge is 2.34. The van der Waals surface area contributed by atoms with Crippen molar-refractivity contribution < 1.29 is 22.7 Å². The molecule has 1 amide bonds. The van der Waals surface area contributed by atoms with E-state index in [2.05, 4.69) is 26.2 Å². The van der Waals surface area contributed by atoms with Gasteiger partial charge in [-0.15, -0.1) is 17.8 Å². The zero-order valence-electron chi connectivity index (χ0n) is 16.5. The van der Waals surface area contributed by atoms with E-state index in [0.29, 0.717) is 21.9 Å². The van der Waals surface area contributed by atoms with Crippen LogP contribution >= 0.6 is 11.3 Å². The van der Waals surface area contributed by atoms with E-state index in [1.807, 2.05) is 6.92 Å². The number of terminal acetylenes is 1. The Balaban J connectivity index is 1.83. The molecule has 0 spiro atoms. The lowest BCUT2D eigenvalue weighted by Gasteiger charge is -2.15. The summed E-state index contributed by atoms with van der Waals surface area (Å²) in [7, 11) is 0. The van der Waals surface area contributed by atoms with Crippen LogP contribution in [0.25, 0.3) is 10.6 Å². The van der Waals surface area contributed by atoms with E-state index in [4.69, 9.17) is 11.2 Å². The number of aryl methyl sites for hydroxylation is 1. The predicted molar refractivity (Wildman–Crippen MR) is 110 cm³/mol. The molecule has 31 heavy (non-hydrogen) atoms. The molecule has 6 nitrogen and oxygen atoms in total. The number of hydrogen-bond acceptors (Lipinski definition) is 6. The average Bonchev–Trinajstić information content (AvgIpc) is 3.17. The van der Waals surface area contributed by atoms with E-state index in [1.165, 1.54) is 17.4 Å². The predicted octanol–water partition coefficient (Wildman–Crippen LogP) is 4.43. The fourth-order valence-corrected chi connectivity index (χ4v) is 3.37. The molecule has 0 aliphatic heterocycles. The molecular formula is C21H17F3N4O2S. The Labute approximate surface area is 180 Å². The number of aromatic nitrogens is 3. The van der Waals surface area contributed by atoms with Crippen LogP contribution < -0.4 is 10.1 Å². The monoisotopic (exact) mass is 446 g/mol. The molecule has 1 N–H and O–H groups in total. The minimum Gasteiger partial charge on any atom is -0.481 e. The van der Waals surface area contributed by atoms with Gasteiger partial charge in [0.2, 0.25) is 5.82 Å². The lowest BCUT2D eigenvalue weighted by atomic mass is 10.1. The van der Waals surface area contributed by atoms with E-state index >= 15 is 0 Å². The quantitative estimate of drug-likeness (QED) is 0.567. The van der Waals surface area contributed by atoms with E-state index < -0.39 is 23.9 Å². The molecule has 3 aromatic rings. The summed E-state index contributed by atoms with van der Waals surface area (Å²) in [5, 5.41) is 3.43. The minimum absolute atomic E-state index is 0.0285. The molecule has 2 aromatic heterocycles. The van der Waals surface area contributed by atoms with Gasteiger partial charge in [-0.3, -0.25) is 4.79 Å². The van der Waals surface area contributed by atoms with Crippen molar-refractivity contribution in [3.8, 4) is 28.7 Å². The van der Waals surface area contributed by atoms with E-state index in [0.717, 1.165) is 17.3 Å². The molecule has 160 valence electrons. The molecule has 0 aliphatic rings. The van der Waals surface area contributed by atoms with Crippen LogP contribution in [0.4, 0.5) is 13.2 Å². The SMILES string of the molecule is C#CCOc1cc(C(=O)NC(C)c2cnc(C(F)(F)F)nc2)cc(-c2ncc(C)s2)c1. The van der Waals surface area contributed by atoms with E-state index in [9.17, 15) is 18.0 Å². The first kappa shape index (κ1) is 22.2. The summed E-state index contributed by atoms with van der Waals surface area (Å²) in [5.74, 6) is 1.08. The second-order valence-electron chi connectivity index (χ2n) is 6.55. The first-order valence-electron chi connectivity index (χ1n) is 9.01. The van der Waals surface area contributed by atoms with Gasteiger partial charge in [-0.05, 0) is 32.0 Å². The standard InChI is InChI=1S/C21H17F3N4O2S/c1-4-5-30-17-7-14(6-15(8-17)19-25-9-12(2)31-19)18(29)28-13(3)16-10-26-20(27-11-16)21(22,23)24/h1,6-11,13H,5H2,2-3H3,(H,28,29). The number of thiazole rings is 1. The Kier molecular flexibility index (Phi) is 6.56. The number of carbonyl (C=O) groups is 1. The lowest BCUT2D eigenvalue weighted by molar-refractivity contribution is -0.145. The smallest absolute Gasteiger partial charge is 0.451 e. The molecule has 10 heteroatoms. The largest absolute Gasteiger partial charge is 0.481 e. The average molecular weight is 446 g/mol. The summed E-state index contributed by atoms with van der Waals surface area (Å²) in [4.78, 5) is 24.8. The topological polar surface area (TPSA) is 77.0 Å². The molecule has 2 heterocycles. The van der Waals surface area contributed by atoms with Crippen molar-refractivity contribution in [2.75, 3.05) is 6.61 Å². The van der Waals surface area contributed by atoms with Crippen LogP contribution in [-0.4, -0.2) is 27.5 Å². The van der Waals surface area contributed by atoms with Gasteiger partial charge in [0.15, 0.2) is 0 Å². The van der Waals surface area contributed by atoms with Crippen molar-refractivity contribution in [2.45, 2.75) is 26.1 Å². The molecule has 0 saturated carbocycles. The van der Waals surface area contributed by atoms with Gasteiger partial charge in [0, 0.05) is 40.2 Å². The zero-order chi connectivity index (χ0) is 22.6. The zero-order valence-corrected chi connectivity index (χ0v) is 17.3. The van der Waals surface area contributed by atoms with Crippen LogP contribution in [0.5, 0.6) is 5.75 Å². The second-order valence-corrected chi connectivity index (χ2v) is 7.78. The molecule has 0 radical (unpaired) electrons. The van der Waals surface area contributed by atoms with Gasteiger partial charge in [0.05, 0.1) is 6.04 Å². The summed E-state index contributed by atoms with van der Waals surface area (Å²) in [6.07, 6.45) is 4.42. The van der Waals surface area contributed by atoms with Crippen LogP contribution in [0.2, 0.25) is 0 Å². The number of nitrogens with zero attached hydrogens (tertiary/aromatic N) is 3. The molecule has 0 aliphatic carbocycles. The van der Waals surface area contributed by atoms with Gasteiger partial charge in [0.1, 0.15) is 17.4 Å². The minimum atomic E-state index is -4.63. The Hall–Kier alpha value is -3.45. The summed E-state index contributed by atoms with van der Waals surface area (Å²) >= 11 is 1.46. The Bertz CT molecular complexity index is 1120. The van der Waals surface area contributed by atoms with Crippen LogP contribution in [0.15, 0.2) is 36.8 Å². The number of amides is 1. The number of nitrogens with one attached hydrogen (secondary N) is 1. The third kappa shape index (κ3) is 5.58. The second kappa shape index (κ2) is 9.14. The van der Waals surface area contributed by atoms with Gasteiger partial charge >= 0.3 is 6.18 Å². The number of carbonyl (C=O) groups excluding carboxylic acids is 1. The van der Waals surface area contributed by atoms with Crippen molar-refractivity contribution in [3.05, 3.63) is 58.6 Å². The van der Waals surface area contributed by atoms with Crippen molar-refractivity contribution >= 4 is 17.2 Å². The van der Waals surface area contributed by atoms with Gasteiger partial charge < -0.3 is 10.1 Å². The first-order chi connectivity index (χ1) is 14.7. The molecule has 1 atom stereocenters. The van der Waals surface area contributed by atoms with Crippen LogP contribution in [0.3, 0.4) is 0 Å². The van der Waals surface area contributed by atoms with E-state index in [1.54, 1.807) is 25.3 Å². The van der Waals surface area contributed by atoms with Crippen molar-refractivity contribution in [2.24, 2.45) is 0 Å². The highest BCUT2D eigenvalue weighted by molar-refractivity contribution is 7.14. The number of rotatable bonds is 6. The highest BCUT2D eigenvalue weighted by atomic mass is 32.1. The molecular weight excluding hydrogens is 429 g/mol. The summed E-state index contributed by atoms with van der Waals surface area (Å²) < 4.78 is 43.4. The van der Waals surface area contributed by atoms with Crippen LogP contribution in [0, 0.1) is 19.3 Å². The maximum Gasteiger partial charge on any atom is 0.451 e. The molecule has 0 bridgehead atoms. The van der Waals surface area contributed by atoms with Gasteiger partial charge in [-0.25, -0.2) is 15.0 Å². The Morgan fingerprint density at radius 1 is 1.23 bits per heavy atom. The number of hydrogen-bond donors (Lipinski definition) is 1. The number of ether oxygens (including phenoxy) is 1. The van der Waals surface area contributed by atoms with Gasteiger partial charge in [0.25, 0.3) is 5.91 Å². The molecule has 1 aromatic carbocycles. The molecule has 3 rings (SSSR count).